The van der Waals surface area contributed by atoms with Crippen LogP contribution in [0, 0.1) is 5.82 Å². The molecule has 5 heteroatoms. The second-order valence-electron chi connectivity index (χ2n) is 3.44. The Morgan fingerprint density at radius 1 is 1.59 bits per heavy atom. The average molecular weight is 273 g/mol. The van der Waals surface area contributed by atoms with E-state index in [9.17, 15) is 9.18 Å². The van der Waals surface area contributed by atoms with Crippen molar-refractivity contribution in [2.45, 2.75) is 11.8 Å². The molecule has 0 bridgehead atoms. The molecule has 1 aromatic carbocycles. The van der Waals surface area contributed by atoms with Crippen molar-refractivity contribution in [3.63, 3.8) is 0 Å². The maximum absolute atomic E-state index is 13.1. The Morgan fingerprint density at radius 2 is 2.35 bits per heavy atom. The molecular weight excluding hydrogens is 263 g/mol. The van der Waals surface area contributed by atoms with Gasteiger partial charge in [0.1, 0.15) is 5.82 Å². The molecule has 0 radical (unpaired) electrons. The molecule has 90 valence electrons. The van der Waals surface area contributed by atoms with Gasteiger partial charge >= 0.3 is 5.97 Å². The first-order valence-electron chi connectivity index (χ1n) is 5.12. The number of carbonyl (C=O) groups excluding carboxylic acids is 1. The minimum Gasteiger partial charge on any atom is -0.463 e. The molecule has 1 aliphatic rings. The van der Waals surface area contributed by atoms with Crippen molar-refractivity contribution in [2.24, 2.45) is 0 Å². The predicted molar refractivity (Wildman–Crippen MR) is 66.5 cm³/mol. The van der Waals surface area contributed by atoms with Crippen LogP contribution in [0.1, 0.15) is 12.5 Å². The number of fused-ring (bicyclic) bond motifs is 1. The number of thioether (sulfide) groups is 1. The highest BCUT2D eigenvalue weighted by Gasteiger charge is 2.24. The number of carbonyl (C=O) groups is 1. The van der Waals surface area contributed by atoms with Gasteiger partial charge in [-0.1, -0.05) is 11.6 Å². The monoisotopic (exact) mass is 272 g/mol. The summed E-state index contributed by atoms with van der Waals surface area (Å²) in [5, 5.41) is 0.289. The number of benzene rings is 1. The fourth-order valence-electron chi connectivity index (χ4n) is 1.54. The van der Waals surface area contributed by atoms with E-state index in [-0.39, 0.29) is 10.8 Å². The lowest BCUT2D eigenvalue weighted by molar-refractivity contribution is -0.138. The Balaban J connectivity index is 2.43. The second-order valence-corrected chi connectivity index (χ2v) is 4.84. The lowest BCUT2D eigenvalue weighted by atomic mass is 10.1. The molecule has 0 aliphatic carbocycles. The molecule has 0 amide bonds. The van der Waals surface area contributed by atoms with Crippen molar-refractivity contribution >= 4 is 34.4 Å². The fraction of sp³-hybridized carbons (Fsp3) is 0.250. The summed E-state index contributed by atoms with van der Waals surface area (Å²) in [6.45, 7) is 2.03. The Labute approximate surface area is 108 Å². The van der Waals surface area contributed by atoms with Crippen LogP contribution in [-0.4, -0.2) is 18.3 Å². The van der Waals surface area contributed by atoms with Gasteiger partial charge in [-0.25, -0.2) is 9.18 Å². The van der Waals surface area contributed by atoms with Crippen molar-refractivity contribution < 1.29 is 13.9 Å². The summed E-state index contributed by atoms with van der Waals surface area (Å²) in [4.78, 5) is 12.5. The molecule has 0 spiro atoms. The Morgan fingerprint density at radius 3 is 3.06 bits per heavy atom. The molecule has 0 fully saturated rings. The number of rotatable bonds is 2. The summed E-state index contributed by atoms with van der Waals surface area (Å²) in [6, 6.07) is 4.38. The van der Waals surface area contributed by atoms with Gasteiger partial charge in [0, 0.05) is 16.2 Å². The third-order valence-corrected chi connectivity index (χ3v) is 3.87. The van der Waals surface area contributed by atoms with Gasteiger partial charge in [0.2, 0.25) is 0 Å². The van der Waals surface area contributed by atoms with Crippen LogP contribution in [0.15, 0.2) is 28.7 Å². The summed E-state index contributed by atoms with van der Waals surface area (Å²) in [5.41, 5.74) is 0.961. The highest BCUT2D eigenvalue weighted by atomic mass is 35.5. The molecule has 1 aliphatic heterocycles. The van der Waals surface area contributed by atoms with Crippen molar-refractivity contribution in [2.75, 3.05) is 12.4 Å². The highest BCUT2D eigenvalue weighted by Crippen LogP contribution is 2.39. The van der Waals surface area contributed by atoms with E-state index in [4.69, 9.17) is 16.3 Å². The van der Waals surface area contributed by atoms with Gasteiger partial charge in [0.05, 0.1) is 17.2 Å². The minimum absolute atomic E-state index is 0.289. The molecule has 17 heavy (non-hydrogen) atoms. The van der Waals surface area contributed by atoms with Crippen LogP contribution in [0.4, 0.5) is 4.39 Å². The summed E-state index contributed by atoms with van der Waals surface area (Å²) in [6.07, 6.45) is 0. The number of esters is 1. The SMILES string of the molecule is CCOC(=O)C1=C(Cl)c2cc(F)ccc2SC1. The van der Waals surface area contributed by atoms with E-state index in [1.165, 1.54) is 23.9 Å². The zero-order valence-electron chi connectivity index (χ0n) is 9.13. The average Bonchev–Trinajstić information content (AvgIpc) is 2.30. The maximum atomic E-state index is 13.1. The number of ether oxygens (including phenoxy) is 1. The molecule has 2 rings (SSSR count). The smallest absolute Gasteiger partial charge is 0.336 e. The highest BCUT2D eigenvalue weighted by molar-refractivity contribution is 7.99. The van der Waals surface area contributed by atoms with Crippen LogP contribution < -0.4 is 0 Å². The van der Waals surface area contributed by atoms with Crippen LogP contribution in [0.3, 0.4) is 0 Å². The van der Waals surface area contributed by atoms with Crippen molar-refractivity contribution in [3.05, 3.63) is 35.2 Å². The first-order chi connectivity index (χ1) is 8.13. The Hall–Kier alpha value is -1.000. The number of halogens is 2. The van der Waals surface area contributed by atoms with E-state index in [2.05, 4.69) is 0 Å². The number of hydrogen-bond donors (Lipinski definition) is 0. The lowest BCUT2D eigenvalue weighted by Gasteiger charge is -2.18. The summed E-state index contributed by atoms with van der Waals surface area (Å²) in [7, 11) is 0. The summed E-state index contributed by atoms with van der Waals surface area (Å²) >= 11 is 7.57. The van der Waals surface area contributed by atoms with Gasteiger partial charge in [-0.05, 0) is 25.1 Å². The van der Waals surface area contributed by atoms with E-state index in [0.29, 0.717) is 23.5 Å². The molecule has 0 atom stereocenters. The zero-order valence-corrected chi connectivity index (χ0v) is 10.7. The topological polar surface area (TPSA) is 26.3 Å². The first kappa shape index (κ1) is 12.5. The van der Waals surface area contributed by atoms with Gasteiger partial charge in [0.15, 0.2) is 0 Å². The number of hydrogen-bond acceptors (Lipinski definition) is 3. The van der Waals surface area contributed by atoms with E-state index < -0.39 is 5.97 Å². The molecule has 0 aromatic heterocycles. The van der Waals surface area contributed by atoms with E-state index in [1.54, 1.807) is 13.0 Å². The van der Waals surface area contributed by atoms with Gasteiger partial charge < -0.3 is 4.74 Å². The molecule has 1 aromatic rings. The van der Waals surface area contributed by atoms with Crippen molar-refractivity contribution in [3.8, 4) is 0 Å². The molecule has 0 unspecified atom stereocenters. The third kappa shape index (κ3) is 2.48. The Bertz CT molecular complexity index is 499. The standard InChI is InChI=1S/C12H10ClFO2S/c1-2-16-12(15)9-6-17-10-4-3-7(14)5-8(10)11(9)13/h3-5H,2,6H2,1H3. The summed E-state index contributed by atoms with van der Waals surface area (Å²) < 4.78 is 18.0. The summed E-state index contributed by atoms with van der Waals surface area (Å²) in [5.74, 6) is -0.344. The molecular formula is C12H10ClFO2S. The molecule has 0 N–H and O–H groups in total. The fourth-order valence-corrected chi connectivity index (χ4v) is 3.02. The largest absolute Gasteiger partial charge is 0.463 e. The molecule has 0 saturated carbocycles. The van der Waals surface area contributed by atoms with E-state index in [0.717, 1.165) is 4.90 Å². The van der Waals surface area contributed by atoms with Crippen LogP contribution in [0.25, 0.3) is 5.03 Å². The van der Waals surface area contributed by atoms with E-state index in [1.807, 2.05) is 0 Å². The van der Waals surface area contributed by atoms with Gasteiger partial charge in [-0.15, -0.1) is 11.8 Å². The predicted octanol–water partition coefficient (Wildman–Crippen LogP) is 3.44. The lowest BCUT2D eigenvalue weighted by Crippen LogP contribution is -2.13. The maximum Gasteiger partial charge on any atom is 0.336 e. The molecule has 0 saturated heterocycles. The second kappa shape index (κ2) is 5.10. The van der Waals surface area contributed by atoms with Crippen LogP contribution >= 0.6 is 23.4 Å². The van der Waals surface area contributed by atoms with Gasteiger partial charge in [-0.3, -0.25) is 0 Å². The normalized spacial score (nSPS) is 14.5. The quantitative estimate of drug-likeness (QED) is 0.772. The van der Waals surface area contributed by atoms with Crippen molar-refractivity contribution in [1.82, 2.24) is 0 Å². The zero-order chi connectivity index (χ0) is 12.4. The minimum atomic E-state index is -0.431. The third-order valence-electron chi connectivity index (χ3n) is 2.34. The van der Waals surface area contributed by atoms with E-state index >= 15 is 0 Å². The van der Waals surface area contributed by atoms with Gasteiger partial charge in [0.25, 0.3) is 0 Å². The van der Waals surface area contributed by atoms with Crippen molar-refractivity contribution in [1.29, 1.82) is 0 Å². The Kier molecular flexibility index (Phi) is 3.74. The van der Waals surface area contributed by atoms with Crippen LogP contribution in [-0.2, 0) is 9.53 Å². The first-order valence-corrected chi connectivity index (χ1v) is 6.48. The van der Waals surface area contributed by atoms with Crippen LogP contribution in [0.2, 0.25) is 0 Å². The van der Waals surface area contributed by atoms with Crippen LogP contribution in [0.5, 0.6) is 0 Å². The molecule has 1 heterocycles. The van der Waals surface area contributed by atoms with Gasteiger partial charge in [-0.2, -0.15) is 0 Å². The molecule has 2 nitrogen and oxygen atoms in total.